The van der Waals surface area contributed by atoms with Gasteiger partial charge in [0.2, 0.25) is 0 Å². The van der Waals surface area contributed by atoms with Gasteiger partial charge >= 0.3 is 6.03 Å². The number of carbonyl (C=O) groups is 2. The van der Waals surface area contributed by atoms with Crippen LogP contribution in [0.1, 0.15) is 59.7 Å². The molecule has 2 aromatic rings. The molecule has 1 heterocycles. The van der Waals surface area contributed by atoms with E-state index in [1.807, 2.05) is 38.1 Å². The van der Waals surface area contributed by atoms with Crippen LogP contribution in [-0.4, -0.2) is 50.6 Å². The standard InChI is InChI=1S/C25H30N4O4S/c1-17(2)27-25(31)28-23-14-21(8-9-22(23)16-34(3,32)33)24(30)29-12-10-20(11-13-29)19-6-4-18(15-26)5-7-19/h4-9,14,17,20H,10-13,16H2,1-3H3,(H2,27,28,31). The van der Waals surface area contributed by atoms with Crippen molar-refractivity contribution in [2.45, 2.75) is 44.4 Å². The molecular weight excluding hydrogens is 452 g/mol. The van der Waals surface area contributed by atoms with Gasteiger partial charge in [-0.2, -0.15) is 5.26 Å². The second kappa shape index (κ2) is 10.7. The molecular formula is C25H30N4O4S. The average Bonchev–Trinajstić information content (AvgIpc) is 2.78. The largest absolute Gasteiger partial charge is 0.339 e. The van der Waals surface area contributed by atoms with Crippen LogP contribution in [0, 0.1) is 11.3 Å². The number of amides is 3. The molecule has 1 aliphatic rings. The number of urea groups is 1. The smallest absolute Gasteiger partial charge is 0.319 e. The van der Waals surface area contributed by atoms with Crippen molar-refractivity contribution >= 4 is 27.5 Å². The Balaban J connectivity index is 1.74. The van der Waals surface area contributed by atoms with Crippen molar-refractivity contribution in [2.75, 3.05) is 24.7 Å². The van der Waals surface area contributed by atoms with Gasteiger partial charge in [-0.05, 0) is 68.0 Å². The highest BCUT2D eigenvalue weighted by Gasteiger charge is 2.25. The van der Waals surface area contributed by atoms with Crippen molar-refractivity contribution in [1.82, 2.24) is 10.2 Å². The summed E-state index contributed by atoms with van der Waals surface area (Å²) >= 11 is 0. The number of piperidine rings is 1. The highest BCUT2D eigenvalue weighted by atomic mass is 32.2. The molecule has 9 heteroatoms. The molecule has 2 aromatic carbocycles. The number of anilines is 1. The number of nitrogens with zero attached hydrogens (tertiary/aromatic N) is 2. The average molecular weight is 483 g/mol. The van der Waals surface area contributed by atoms with Crippen LogP contribution >= 0.6 is 0 Å². The second-order valence-corrected chi connectivity index (χ2v) is 11.1. The minimum absolute atomic E-state index is 0.0967. The topological polar surface area (TPSA) is 119 Å². The summed E-state index contributed by atoms with van der Waals surface area (Å²) in [5.41, 5.74) is 2.93. The van der Waals surface area contributed by atoms with Gasteiger partial charge in [-0.1, -0.05) is 18.2 Å². The number of nitriles is 1. The predicted octanol–water partition coefficient (Wildman–Crippen LogP) is 3.65. The fourth-order valence-electron chi connectivity index (χ4n) is 4.08. The lowest BCUT2D eigenvalue weighted by atomic mass is 9.89. The van der Waals surface area contributed by atoms with Crippen LogP contribution in [0.3, 0.4) is 0 Å². The third-order valence-electron chi connectivity index (χ3n) is 5.74. The molecule has 0 aromatic heterocycles. The molecule has 3 amide bonds. The van der Waals surface area contributed by atoms with E-state index in [4.69, 9.17) is 5.26 Å². The lowest BCUT2D eigenvalue weighted by Gasteiger charge is -2.32. The lowest BCUT2D eigenvalue weighted by Crippen LogP contribution is -2.38. The van der Waals surface area contributed by atoms with Crippen molar-refractivity contribution < 1.29 is 18.0 Å². The van der Waals surface area contributed by atoms with E-state index in [-0.39, 0.29) is 17.7 Å². The summed E-state index contributed by atoms with van der Waals surface area (Å²) in [7, 11) is -3.33. The Morgan fingerprint density at radius 1 is 1.12 bits per heavy atom. The number of nitrogens with one attached hydrogen (secondary N) is 2. The lowest BCUT2D eigenvalue weighted by molar-refractivity contribution is 0.0713. The van der Waals surface area contributed by atoms with Gasteiger partial charge in [0.05, 0.1) is 17.4 Å². The van der Waals surface area contributed by atoms with E-state index in [1.165, 1.54) is 5.56 Å². The van der Waals surface area contributed by atoms with Gasteiger partial charge in [-0.15, -0.1) is 0 Å². The van der Waals surface area contributed by atoms with Crippen molar-refractivity contribution in [2.24, 2.45) is 0 Å². The summed E-state index contributed by atoms with van der Waals surface area (Å²) in [6.45, 7) is 4.81. The fourth-order valence-corrected chi connectivity index (χ4v) is 4.90. The molecule has 0 radical (unpaired) electrons. The van der Waals surface area contributed by atoms with Crippen LogP contribution in [0.2, 0.25) is 0 Å². The number of hydrogen-bond acceptors (Lipinski definition) is 5. The zero-order chi connectivity index (χ0) is 24.9. The Hall–Kier alpha value is -3.38. The summed E-state index contributed by atoms with van der Waals surface area (Å²) in [6, 6.07) is 13.9. The molecule has 3 rings (SSSR count). The van der Waals surface area contributed by atoms with Gasteiger partial charge in [0.1, 0.15) is 0 Å². The van der Waals surface area contributed by atoms with E-state index in [0.717, 1.165) is 19.1 Å². The fraction of sp³-hybridized carbons (Fsp3) is 0.400. The third kappa shape index (κ3) is 6.81. The molecule has 1 saturated heterocycles. The van der Waals surface area contributed by atoms with Gasteiger partial charge in [0.25, 0.3) is 5.91 Å². The Bertz CT molecular complexity index is 1190. The Morgan fingerprint density at radius 2 is 1.76 bits per heavy atom. The van der Waals surface area contributed by atoms with Crippen LogP contribution in [0.15, 0.2) is 42.5 Å². The molecule has 0 bridgehead atoms. The van der Waals surface area contributed by atoms with E-state index in [9.17, 15) is 18.0 Å². The number of benzene rings is 2. The van der Waals surface area contributed by atoms with Crippen molar-refractivity contribution in [3.63, 3.8) is 0 Å². The predicted molar refractivity (Wildman–Crippen MR) is 131 cm³/mol. The third-order valence-corrected chi connectivity index (χ3v) is 6.57. The summed E-state index contributed by atoms with van der Waals surface area (Å²) in [5.74, 6) is -0.0724. The van der Waals surface area contributed by atoms with E-state index < -0.39 is 15.9 Å². The normalized spacial score (nSPS) is 14.5. The maximum Gasteiger partial charge on any atom is 0.319 e. The van der Waals surface area contributed by atoms with Crippen molar-refractivity contribution in [3.05, 3.63) is 64.7 Å². The van der Waals surface area contributed by atoms with Crippen LogP contribution in [-0.2, 0) is 15.6 Å². The van der Waals surface area contributed by atoms with Crippen LogP contribution in [0.25, 0.3) is 0 Å². The highest BCUT2D eigenvalue weighted by Crippen LogP contribution is 2.29. The van der Waals surface area contributed by atoms with E-state index >= 15 is 0 Å². The van der Waals surface area contributed by atoms with Crippen LogP contribution in [0.5, 0.6) is 0 Å². The number of sulfone groups is 1. The minimum atomic E-state index is -3.33. The second-order valence-electron chi connectivity index (χ2n) is 9.00. The Morgan fingerprint density at radius 3 is 2.32 bits per heavy atom. The van der Waals surface area contributed by atoms with Gasteiger partial charge in [-0.3, -0.25) is 4.79 Å². The monoisotopic (exact) mass is 482 g/mol. The molecule has 2 N–H and O–H groups in total. The molecule has 1 aliphatic heterocycles. The first-order valence-corrected chi connectivity index (χ1v) is 13.3. The zero-order valence-electron chi connectivity index (χ0n) is 19.7. The molecule has 0 saturated carbocycles. The molecule has 0 unspecified atom stereocenters. The molecule has 0 atom stereocenters. The summed E-state index contributed by atoms with van der Waals surface area (Å²) in [4.78, 5) is 27.2. The number of likely N-dealkylation sites (tertiary alicyclic amines) is 1. The molecule has 0 aliphatic carbocycles. The first-order chi connectivity index (χ1) is 16.1. The number of carbonyl (C=O) groups excluding carboxylic acids is 2. The van der Waals surface area contributed by atoms with Gasteiger partial charge in [0, 0.05) is 36.6 Å². The van der Waals surface area contributed by atoms with Gasteiger partial charge in [-0.25, -0.2) is 13.2 Å². The molecule has 34 heavy (non-hydrogen) atoms. The molecule has 1 fully saturated rings. The van der Waals surface area contributed by atoms with E-state index in [0.29, 0.717) is 41.4 Å². The Labute approximate surface area is 200 Å². The van der Waals surface area contributed by atoms with Crippen LogP contribution in [0.4, 0.5) is 10.5 Å². The van der Waals surface area contributed by atoms with Crippen LogP contribution < -0.4 is 10.6 Å². The first kappa shape index (κ1) is 25.2. The van der Waals surface area contributed by atoms with Gasteiger partial charge in [0.15, 0.2) is 9.84 Å². The van der Waals surface area contributed by atoms with E-state index in [2.05, 4.69) is 16.7 Å². The summed E-state index contributed by atoms with van der Waals surface area (Å²) in [5, 5.41) is 14.4. The SMILES string of the molecule is CC(C)NC(=O)Nc1cc(C(=O)N2CCC(c3ccc(C#N)cc3)CC2)ccc1CS(C)(=O)=O. The molecule has 180 valence electrons. The molecule has 0 spiro atoms. The number of hydrogen-bond donors (Lipinski definition) is 2. The highest BCUT2D eigenvalue weighted by molar-refractivity contribution is 7.89. The first-order valence-electron chi connectivity index (χ1n) is 11.2. The van der Waals surface area contributed by atoms with Crippen molar-refractivity contribution in [1.29, 1.82) is 5.26 Å². The van der Waals surface area contributed by atoms with Gasteiger partial charge < -0.3 is 15.5 Å². The zero-order valence-corrected chi connectivity index (χ0v) is 20.5. The van der Waals surface area contributed by atoms with E-state index in [1.54, 1.807) is 23.1 Å². The summed E-state index contributed by atoms with van der Waals surface area (Å²) < 4.78 is 23.7. The number of rotatable bonds is 6. The minimum Gasteiger partial charge on any atom is -0.339 e. The Kier molecular flexibility index (Phi) is 7.94. The molecule has 8 nitrogen and oxygen atoms in total. The maximum atomic E-state index is 13.2. The van der Waals surface area contributed by atoms with Crippen molar-refractivity contribution in [3.8, 4) is 6.07 Å². The maximum absolute atomic E-state index is 13.2. The quantitative estimate of drug-likeness (QED) is 0.651. The summed E-state index contributed by atoms with van der Waals surface area (Å²) in [6.07, 6.45) is 2.75.